The summed E-state index contributed by atoms with van der Waals surface area (Å²) in [6.07, 6.45) is 0.883. The molecule has 6 heteroatoms. The first-order chi connectivity index (χ1) is 11.4. The molecule has 0 spiro atoms. The number of aryl methyl sites for hydroxylation is 2. The van der Waals surface area contributed by atoms with Crippen molar-refractivity contribution in [3.63, 3.8) is 0 Å². The van der Waals surface area contributed by atoms with Crippen molar-refractivity contribution < 1.29 is 19.1 Å². The quantitative estimate of drug-likeness (QED) is 0.867. The van der Waals surface area contributed by atoms with Crippen LogP contribution >= 0.6 is 0 Å². The third kappa shape index (κ3) is 3.43. The number of likely N-dealkylation sites (tertiary alicyclic amines) is 1. The Balaban J connectivity index is 1.80. The number of nitrogens with zero attached hydrogens (tertiary/aromatic N) is 1. The number of rotatable bonds is 3. The Morgan fingerprint density at radius 2 is 2.00 bits per heavy atom. The minimum absolute atomic E-state index is 0.0762. The molecule has 128 valence electrons. The number of aliphatic hydroxyl groups is 1. The van der Waals surface area contributed by atoms with Crippen LogP contribution in [0.3, 0.4) is 0 Å². The van der Waals surface area contributed by atoms with Gasteiger partial charge in [-0.15, -0.1) is 0 Å². The van der Waals surface area contributed by atoms with Crippen LogP contribution in [0.15, 0.2) is 27.4 Å². The molecule has 1 fully saturated rings. The van der Waals surface area contributed by atoms with Crippen molar-refractivity contribution in [1.82, 2.24) is 4.90 Å². The molecule has 2 heterocycles. The zero-order valence-electron chi connectivity index (χ0n) is 13.9. The Kier molecular flexibility index (Phi) is 4.57. The predicted octanol–water partition coefficient (Wildman–Crippen LogP) is 1.77. The molecule has 2 aromatic rings. The van der Waals surface area contributed by atoms with Gasteiger partial charge in [-0.2, -0.15) is 0 Å². The highest BCUT2D eigenvalue weighted by Crippen LogP contribution is 2.29. The number of benzene rings is 1. The molecule has 0 saturated carbocycles. The number of hydrogen-bond acceptors (Lipinski definition) is 5. The van der Waals surface area contributed by atoms with Crippen molar-refractivity contribution in [3.05, 3.63) is 39.7 Å². The Labute approximate surface area is 139 Å². The van der Waals surface area contributed by atoms with Crippen LogP contribution in [-0.2, 0) is 4.79 Å². The number of ether oxygens (including phenoxy) is 1. The second kappa shape index (κ2) is 6.65. The summed E-state index contributed by atoms with van der Waals surface area (Å²) >= 11 is 0. The summed E-state index contributed by atoms with van der Waals surface area (Å²) in [7, 11) is 0. The summed E-state index contributed by atoms with van der Waals surface area (Å²) in [5.41, 5.74) is 1.70. The number of piperidine rings is 1. The summed E-state index contributed by atoms with van der Waals surface area (Å²) in [6.45, 7) is 4.71. The van der Waals surface area contributed by atoms with Crippen molar-refractivity contribution in [2.75, 3.05) is 19.7 Å². The second-order valence-corrected chi connectivity index (χ2v) is 6.29. The van der Waals surface area contributed by atoms with E-state index in [1.165, 1.54) is 6.07 Å². The van der Waals surface area contributed by atoms with Gasteiger partial charge in [0.1, 0.15) is 11.3 Å². The highest BCUT2D eigenvalue weighted by molar-refractivity contribution is 5.88. The Bertz CT molecular complexity index is 818. The predicted molar refractivity (Wildman–Crippen MR) is 89.3 cm³/mol. The van der Waals surface area contributed by atoms with Crippen LogP contribution in [-0.4, -0.2) is 41.7 Å². The minimum Gasteiger partial charge on any atom is -0.483 e. The van der Waals surface area contributed by atoms with E-state index < -0.39 is 5.63 Å². The minimum atomic E-state index is -0.403. The molecular formula is C18H21NO5. The third-order valence-corrected chi connectivity index (χ3v) is 4.32. The number of fused-ring (bicyclic) bond motifs is 1. The van der Waals surface area contributed by atoms with E-state index in [1.807, 2.05) is 19.9 Å². The van der Waals surface area contributed by atoms with Gasteiger partial charge in [-0.25, -0.2) is 4.79 Å². The van der Waals surface area contributed by atoms with E-state index in [-0.39, 0.29) is 18.6 Å². The second-order valence-electron chi connectivity index (χ2n) is 6.29. The van der Waals surface area contributed by atoms with Gasteiger partial charge >= 0.3 is 5.63 Å². The summed E-state index contributed by atoms with van der Waals surface area (Å²) in [6, 6.07) is 5.03. The molecule has 1 aromatic carbocycles. The van der Waals surface area contributed by atoms with Gasteiger partial charge in [0.2, 0.25) is 0 Å². The standard InChI is InChI=1S/C18H21NO5/c1-11-7-14(18-12(2)9-17(22)24-15(18)8-11)23-10-16(21)19-5-3-13(20)4-6-19/h7-9,13,20H,3-6,10H2,1-2H3. The van der Waals surface area contributed by atoms with Gasteiger partial charge in [0.15, 0.2) is 6.61 Å². The maximum absolute atomic E-state index is 12.3. The lowest BCUT2D eigenvalue weighted by Gasteiger charge is -2.29. The van der Waals surface area contributed by atoms with Crippen molar-refractivity contribution in [1.29, 1.82) is 0 Å². The van der Waals surface area contributed by atoms with E-state index in [0.29, 0.717) is 42.6 Å². The van der Waals surface area contributed by atoms with Crippen molar-refractivity contribution in [2.24, 2.45) is 0 Å². The largest absolute Gasteiger partial charge is 0.483 e. The van der Waals surface area contributed by atoms with Crippen LogP contribution in [0.4, 0.5) is 0 Å². The van der Waals surface area contributed by atoms with Crippen LogP contribution in [0, 0.1) is 13.8 Å². The van der Waals surface area contributed by atoms with Gasteiger partial charge in [0, 0.05) is 19.2 Å². The molecule has 0 radical (unpaired) electrons. The van der Waals surface area contributed by atoms with Gasteiger partial charge in [-0.05, 0) is 49.9 Å². The van der Waals surface area contributed by atoms with E-state index in [4.69, 9.17) is 9.15 Å². The first-order valence-corrected chi connectivity index (χ1v) is 8.08. The van der Waals surface area contributed by atoms with Crippen LogP contribution < -0.4 is 10.4 Å². The van der Waals surface area contributed by atoms with Gasteiger partial charge in [0.05, 0.1) is 11.5 Å². The average molecular weight is 331 g/mol. The molecule has 24 heavy (non-hydrogen) atoms. The number of carbonyl (C=O) groups excluding carboxylic acids is 1. The smallest absolute Gasteiger partial charge is 0.336 e. The fraction of sp³-hybridized carbons (Fsp3) is 0.444. The van der Waals surface area contributed by atoms with E-state index >= 15 is 0 Å². The summed E-state index contributed by atoms with van der Waals surface area (Å²) in [5.74, 6) is 0.434. The molecule has 0 bridgehead atoms. The van der Waals surface area contributed by atoms with Crippen LogP contribution in [0.25, 0.3) is 11.0 Å². The third-order valence-electron chi connectivity index (χ3n) is 4.32. The van der Waals surface area contributed by atoms with Gasteiger partial charge in [0.25, 0.3) is 5.91 Å². The lowest BCUT2D eigenvalue weighted by molar-refractivity contribution is -0.135. The topological polar surface area (TPSA) is 80.0 Å². The number of carbonyl (C=O) groups is 1. The summed E-state index contributed by atoms with van der Waals surface area (Å²) in [4.78, 5) is 25.5. The Hall–Kier alpha value is -2.34. The lowest BCUT2D eigenvalue weighted by atomic mass is 10.1. The first kappa shape index (κ1) is 16.5. The SMILES string of the molecule is Cc1cc(OCC(=O)N2CCC(O)CC2)c2c(C)cc(=O)oc2c1. The molecule has 6 nitrogen and oxygen atoms in total. The monoisotopic (exact) mass is 331 g/mol. The zero-order valence-corrected chi connectivity index (χ0v) is 13.9. The molecule has 3 rings (SSSR count). The van der Waals surface area contributed by atoms with Crippen molar-refractivity contribution in [3.8, 4) is 5.75 Å². The molecule has 1 amide bonds. The van der Waals surface area contributed by atoms with Crippen molar-refractivity contribution in [2.45, 2.75) is 32.8 Å². The molecule has 1 aliphatic heterocycles. The summed E-state index contributed by atoms with van der Waals surface area (Å²) in [5, 5.41) is 10.2. The summed E-state index contributed by atoms with van der Waals surface area (Å²) < 4.78 is 11.0. The molecule has 1 saturated heterocycles. The number of hydrogen-bond donors (Lipinski definition) is 1. The van der Waals surface area contributed by atoms with E-state index in [2.05, 4.69) is 0 Å². The lowest BCUT2D eigenvalue weighted by Crippen LogP contribution is -2.42. The molecule has 1 aromatic heterocycles. The van der Waals surface area contributed by atoms with Gasteiger partial charge in [-0.3, -0.25) is 4.79 Å². The molecule has 1 N–H and O–H groups in total. The molecule has 0 atom stereocenters. The molecule has 0 aliphatic carbocycles. The Morgan fingerprint density at radius 3 is 2.71 bits per heavy atom. The highest BCUT2D eigenvalue weighted by Gasteiger charge is 2.22. The molecular weight excluding hydrogens is 310 g/mol. The van der Waals surface area contributed by atoms with Crippen molar-refractivity contribution >= 4 is 16.9 Å². The van der Waals surface area contributed by atoms with Crippen LogP contribution in [0.5, 0.6) is 5.75 Å². The normalized spacial score (nSPS) is 15.7. The Morgan fingerprint density at radius 1 is 1.29 bits per heavy atom. The fourth-order valence-electron chi connectivity index (χ4n) is 3.04. The van der Waals surface area contributed by atoms with Crippen LogP contribution in [0.2, 0.25) is 0 Å². The zero-order chi connectivity index (χ0) is 17.3. The van der Waals surface area contributed by atoms with Gasteiger partial charge < -0.3 is 19.2 Å². The maximum atomic E-state index is 12.3. The van der Waals surface area contributed by atoms with E-state index in [9.17, 15) is 14.7 Å². The number of amides is 1. The molecule has 1 aliphatic rings. The first-order valence-electron chi connectivity index (χ1n) is 8.08. The number of aliphatic hydroxyl groups excluding tert-OH is 1. The van der Waals surface area contributed by atoms with Gasteiger partial charge in [-0.1, -0.05) is 0 Å². The average Bonchev–Trinajstić information content (AvgIpc) is 2.52. The van der Waals surface area contributed by atoms with Crippen LogP contribution in [0.1, 0.15) is 24.0 Å². The molecule has 0 unspecified atom stereocenters. The van der Waals surface area contributed by atoms with E-state index in [0.717, 1.165) is 11.1 Å². The van der Waals surface area contributed by atoms with E-state index in [1.54, 1.807) is 11.0 Å². The fourth-order valence-corrected chi connectivity index (χ4v) is 3.04. The maximum Gasteiger partial charge on any atom is 0.336 e. The highest BCUT2D eigenvalue weighted by atomic mass is 16.5.